The molecule has 12 heavy (non-hydrogen) atoms. The Morgan fingerprint density at radius 2 is 1.83 bits per heavy atom. The van der Waals surface area contributed by atoms with Gasteiger partial charge in [0.25, 0.3) is 0 Å². The normalized spacial score (nSPS) is 23.9. The molecule has 1 fully saturated rings. The molecule has 0 bridgehead atoms. The van der Waals surface area contributed by atoms with Crippen LogP contribution in [-0.2, 0) is 4.79 Å². The van der Waals surface area contributed by atoms with Gasteiger partial charge in [-0.3, -0.25) is 4.79 Å². The Morgan fingerprint density at radius 3 is 2.25 bits per heavy atom. The fourth-order valence-corrected chi connectivity index (χ4v) is 2.01. The summed E-state index contributed by atoms with van der Waals surface area (Å²) in [5, 5.41) is 0. The van der Waals surface area contributed by atoms with Crippen molar-refractivity contribution >= 4 is 5.78 Å². The van der Waals surface area contributed by atoms with E-state index in [1.165, 1.54) is 12.8 Å². The van der Waals surface area contributed by atoms with E-state index >= 15 is 0 Å². The van der Waals surface area contributed by atoms with E-state index in [0.29, 0.717) is 17.1 Å². The van der Waals surface area contributed by atoms with Crippen LogP contribution in [0.4, 0.5) is 0 Å². The molecule has 1 aliphatic carbocycles. The molecule has 0 radical (unpaired) electrons. The topological polar surface area (TPSA) is 17.1 Å². The fraction of sp³-hybridized carbons (Fsp3) is 0.909. The van der Waals surface area contributed by atoms with Crippen LogP contribution in [0.15, 0.2) is 0 Å². The van der Waals surface area contributed by atoms with E-state index in [4.69, 9.17) is 0 Å². The maximum absolute atomic E-state index is 11.4. The molecule has 0 heterocycles. The molecule has 1 heteroatoms. The molecule has 1 rings (SSSR count). The standard InChI is InChI=1S/C11H20O/c1-4-10(12)9-5-7-11(2,3)8-6-9/h9H,4-8H2,1-3H3. The van der Waals surface area contributed by atoms with E-state index < -0.39 is 0 Å². The zero-order valence-electron chi connectivity index (χ0n) is 8.52. The van der Waals surface area contributed by atoms with Crippen LogP contribution in [0.1, 0.15) is 52.9 Å². The Bertz CT molecular complexity index is 160. The third kappa shape index (κ3) is 2.33. The molecule has 1 aliphatic rings. The molecular formula is C11H20O. The molecule has 0 N–H and O–H groups in total. The lowest BCUT2D eigenvalue weighted by atomic mass is 9.72. The number of Topliss-reactive ketones (excluding diaryl/α,β-unsaturated/α-hetero) is 1. The van der Waals surface area contributed by atoms with Crippen LogP contribution < -0.4 is 0 Å². The third-order valence-electron chi connectivity index (χ3n) is 3.14. The first kappa shape index (κ1) is 9.76. The Hall–Kier alpha value is -0.330. The number of carbonyl (C=O) groups is 1. The Balaban J connectivity index is 2.41. The molecule has 0 saturated heterocycles. The van der Waals surface area contributed by atoms with Gasteiger partial charge in [0.15, 0.2) is 0 Å². The summed E-state index contributed by atoms with van der Waals surface area (Å²) in [5.74, 6) is 0.869. The second-order valence-electron chi connectivity index (χ2n) is 4.76. The number of ketones is 1. The molecule has 0 aromatic carbocycles. The maximum Gasteiger partial charge on any atom is 0.135 e. The lowest BCUT2D eigenvalue weighted by Crippen LogP contribution is -2.25. The molecule has 0 amide bonds. The molecule has 0 unspecified atom stereocenters. The van der Waals surface area contributed by atoms with Gasteiger partial charge in [-0.2, -0.15) is 0 Å². The first-order chi connectivity index (χ1) is 5.55. The first-order valence-corrected chi connectivity index (χ1v) is 5.08. The predicted octanol–water partition coefficient (Wildman–Crippen LogP) is 3.18. The van der Waals surface area contributed by atoms with E-state index in [1.54, 1.807) is 0 Å². The molecule has 1 saturated carbocycles. The van der Waals surface area contributed by atoms with Crippen molar-refractivity contribution in [1.29, 1.82) is 0 Å². The van der Waals surface area contributed by atoms with E-state index in [-0.39, 0.29) is 0 Å². The van der Waals surface area contributed by atoms with Crippen molar-refractivity contribution in [2.24, 2.45) is 11.3 Å². The largest absolute Gasteiger partial charge is 0.299 e. The van der Waals surface area contributed by atoms with Crippen molar-refractivity contribution in [2.45, 2.75) is 52.9 Å². The van der Waals surface area contributed by atoms with Crippen molar-refractivity contribution in [3.8, 4) is 0 Å². The minimum absolute atomic E-state index is 0.392. The van der Waals surface area contributed by atoms with Gasteiger partial charge in [-0.25, -0.2) is 0 Å². The lowest BCUT2D eigenvalue weighted by molar-refractivity contribution is -0.124. The van der Waals surface area contributed by atoms with Crippen LogP contribution in [0.2, 0.25) is 0 Å². The first-order valence-electron chi connectivity index (χ1n) is 5.08. The van der Waals surface area contributed by atoms with Gasteiger partial charge in [0.05, 0.1) is 0 Å². The summed E-state index contributed by atoms with van der Waals surface area (Å²) in [7, 11) is 0. The highest BCUT2D eigenvalue weighted by Gasteiger charge is 2.29. The highest BCUT2D eigenvalue weighted by Crippen LogP contribution is 2.38. The molecule has 0 aliphatic heterocycles. The Kier molecular flexibility index (Phi) is 2.92. The molecular weight excluding hydrogens is 148 g/mol. The highest BCUT2D eigenvalue weighted by atomic mass is 16.1. The summed E-state index contributed by atoms with van der Waals surface area (Å²) >= 11 is 0. The maximum atomic E-state index is 11.4. The van der Waals surface area contributed by atoms with Gasteiger partial charge in [0.1, 0.15) is 5.78 Å². The van der Waals surface area contributed by atoms with Gasteiger partial charge in [-0.05, 0) is 31.1 Å². The van der Waals surface area contributed by atoms with Gasteiger partial charge in [0.2, 0.25) is 0 Å². The minimum atomic E-state index is 0.392. The third-order valence-corrected chi connectivity index (χ3v) is 3.14. The SMILES string of the molecule is CCC(=O)C1CCC(C)(C)CC1. The van der Waals surface area contributed by atoms with Crippen molar-refractivity contribution in [3.63, 3.8) is 0 Å². The quantitative estimate of drug-likeness (QED) is 0.619. The lowest BCUT2D eigenvalue weighted by Gasteiger charge is -2.33. The van der Waals surface area contributed by atoms with Crippen molar-refractivity contribution in [2.75, 3.05) is 0 Å². The van der Waals surface area contributed by atoms with Gasteiger partial charge in [-0.15, -0.1) is 0 Å². The fourth-order valence-electron chi connectivity index (χ4n) is 2.01. The number of rotatable bonds is 2. The van der Waals surface area contributed by atoms with Crippen LogP contribution in [0.3, 0.4) is 0 Å². The van der Waals surface area contributed by atoms with Gasteiger partial charge >= 0.3 is 0 Å². The van der Waals surface area contributed by atoms with E-state index in [1.807, 2.05) is 6.92 Å². The number of hydrogen-bond acceptors (Lipinski definition) is 1. The summed E-state index contributed by atoms with van der Waals surface area (Å²) in [6.45, 7) is 6.58. The monoisotopic (exact) mass is 168 g/mol. The molecule has 70 valence electrons. The smallest absolute Gasteiger partial charge is 0.135 e. The summed E-state index contributed by atoms with van der Waals surface area (Å²) in [4.78, 5) is 11.4. The molecule has 0 aromatic rings. The van der Waals surface area contributed by atoms with Gasteiger partial charge in [0, 0.05) is 12.3 Å². The van der Waals surface area contributed by atoms with Gasteiger partial charge < -0.3 is 0 Å². The van der Waals surface area contributed by atoms with Gasteiger partial charge in [-0.1, -0.05) is 20.8 Å². The molecule has 0 spiro atoms. The number of carbonyl (C=O) groups excluding carboxylic acids is 1. The summed E-state index contributed by atoms with van der Waals surface area (Å²) in [6, 6.07) is 0. The highest BCUT2D eigenvalue weighted by molar-refractivity contribution is 5.80. The van der Waals surface area contributed by atoms with E-state index in [2.05, 4.69) is 13.8 Å². The Labute approximate surface area is 75.5 Å². The van der Waals surface area contributed by atoms with Crippen LogP contribution in [0, 0.1) is 11.3 Å². The molecule has 1 nitrogen and oxygen atoms in total. The second kappa shape index (κ2) is 3.59. The van der Waals surface area contributed by atoms with Crippen LogP contribution in [-0.4, -0.2) is 5.78 Å². The van der Waals surface area contributed by atoms with E-state index in [9.17, 15) is 4.79 Å². The van der Waals surface area contributed by atoms with E-state index in [0.717, 1.165) is 19.3 Å². The summed E-state index contributed by atoms with van der Waals surface area (Å²) in [5.41, 5.74) is 0.491. The predicted molar refractivity (Wildman–Crippen MR) is 51.0 cm³/mol. The zero-order valence-corrected chi connectivity index (χ0v) is 8.52. The average molecular weight is 168 g/mol. The average Bonchev–Trinajstić information content (AvgIpc) is 2.03. The van der Waals surface area contributed by atoms with Crippen LogP contribution >= 0.6 is 0 Å². The molecule has 0 aromatic heterocycles. The van der Waals surface area contributed by atoms with Crippen LogP contribution in [0.5, 0.6) is 0 Å². The van der Waals surface area contributed by atoms with Crippen molar-refractivity contribution in [3.05, 3.63) is 0 Å². The van der Waals surface area contributed by atoms with Crippen molar-refractivity contribution < 1.29 is 4.79 Å². The van der Waals surface area contributed by atoms with Crippen molar-refractivity contribution in [1.82, 2.24) is 0 Å². The zero-order chi connectivity index (χ0) is 9.19. The summed E-state index contributed by atoms with van der Waals surface area (Å²) in [6.07, 6.45) is 5.43. The number of hydrogen-bond donors (Lipinski definition) is 0. The molecule has 0 atom stereocenters. The van der Waals surface area contributed by atoms with Crippen LogP contribution in [0.25, 0.3) is 0 Å². The Morgan fingerprint density at radius 1 is 1.33 bits per heavy atom. The minimum Gasteiger partial charge on any atom is -0.299 e. The summed E-state index contributed by atoms with van der Waals surface area (Å²) < 4.78 is 0. The second-order valence-corrected chi connectivity index (χ2v) is 4.76.